The number of fused-ring (bicyclic) bond motifs is 1. The fraction of sp³-hybridized carbons (Fsp3) is 0.300. The summed E-state index contributed by atoms with van der Waals surface area (Å²) in [6, 6.07) is 15.4. The third-order valence-electron chi connectivity index (χ3n) is 4.29. The molecule has 0 saturated carbocycles. The highest BCUT2D eigenvalue weighted by Gasteiger charge is 2.51. The summed E-state index contributed by atoms with van der Waals surface area (Å²) in [7, 11) is 0. The highest BCUT2D eigenvalue weighted by atomic mass is 32.2. The summed E-state index contributed by atoms with van der Waals surface area (Å²) < 4.78 is 4.09. The van der Waals surface area contributed by atoms with Gasteiger partial charge in [0.1, 0.15) is 0 Å². The molecule has 1 aliphatic carbocycles. The molecule has 0 unspecified atom stereocenters. The van der Waals surface area contributed by atoms with Crippen molar-refractivity contribution in [2.75, 3.05) is 6.61 Å². The van der Waals surface area contributed by atoms with Gasteiger partial charge in [-0.3, -0.25) is 9.59 Å². The number of Topliss-reactive ketones (excluding diaryl/α,β-unsaturated/α-hetero) is 1. The van der Waals surface area contributed by atoms with Gasteiger partial charge in [0.05, 0.1) is 6.61 Å². The van der Waals surface area contributed by atoms with Crippen molar-refractivity contribution < 1.29 is 14.3 Å². The van der Waals surface area contributed by atoms with E-state index in [1.54, 1.807) is 13.0 Å². The molecule has 0 aromatic heterocycles. The molecule has 0 radical (unpaired) electrons. The smallest absolute Gasteiger partial charge is 0.330 e. The molecule has 3 rings (SSSR count). The van der Waals surface area contributed by atoms with E-state index in [0.717, 1.165) is 16.0 Å². The van der Waals surface area contributed by atoms with Gasteiger partial charge in [-0.2, -0.15) is 0 Å². The number of rotatable bonds is 4. The molecule has 3 nitrogen and oxygen atoms in total. The fourth-order valence-electron chi connectivity index (χ4n) is 2.99. The van der Waals surface area contributed by atoms with E-state index in [2.05, 4.69) is 0 Å². The number of ketones is 1. The first-order valence-corrected chi connectivity index (χ1v) is 8.94. The van der Waals surface area contributed by atoms with Gasteiger partial charge in [0.15, 0.2) is 10.5 Å². The van der Waals surface area contributed by atoms with Crippen LogP contribution in [0, 0.1) is 6.92 Å². The van der Waals surface area contributed by atoms with Crippen molar-refractivity contribution in [2.45, 2.75) is 36.3 Å². The Morgan fingerprint density at radius 3 is 2.58 bits per heavy atom. The number of carbonyl (C=O) groups is 2. The van der Waals surface area contributed by atoms with Crippen molar-refractivity contribution in [1.82, 2.24) is 0 Å². The molecule has 0 N–H and O–H groups in total. The molecule has 1 atom stereocenters. The van der Waals surface area contributed by atoms with Crippen molar-refractivity contribution in [3.05, 3.63) is 65.2 Å². The average molecular weight is 340 g/mol. The lowest BCUT2D eigenvalue weighted by molar-refractivity contribution is -0.144. The minimum Gasteiger partial charge on any atom is -0.465 e. The van der Waals surface area contributed by atoms with E-state index >= 15 is 0 Å². The number of hydrogen-bond donors (Lipinski definition) is 0. The Bertz CT molecular complexity index is 767. The molecule has 0 bridgehead atoms. The maximum Gasteiger partial charge on any atom is 0.330 e. The van der Waals surface area contributed by atoms with Gasteiger partial charge in [0, 0.05) is 10.5 Å². The molecular weight excluding hydrogens is 320 g/mol. The van der Waals surface area contributed by atoms with E-state index in [-0.39, 0.29) is 12.4 Å². The lowest BCUT2D eigenvalue weighted by Gasteiger charge is -2.33. The molecule has 0 aliphatic heterocycles. The third-order valence-corrected chi connectivity index (χ3v) is 5.71. The first-order chi connectivity index (χ1) is 11.6. The SMILES string of the molecule is CCOC(=O)[C@@]1(Sc2ccc(C)cc2)CCc2ccccc2C1=O. The van der Waals surface area contributed by atoms with Crippen LogP contribution in [0.1, 0.15) is 34.8 Å². The molecule has 4 heteroatoms. The summed E-state index contributed by atoms with van der Waals surface area (Å²) in [4.78, 5) is 26.9. The van der Waals surface area contributed by atoms with E-state index < -0.39 is 10.7 Å². The second-order valence-electron chi connectivity index (χ2n) is 5.95. The van der Waals surface area contributed by atoms with Crippen molar-refractivity contribution in [3.63, 3.8) is 0 Å². The summed E-state index contributed by atoms with van der Waals surface area (Å²) in [5.41, 5.74) is 2.79. The van der Waals surface area contributed by atoms with E-state index in [9.17, 15) is 9.59 Å². The van der Waals surface area contributed by atoms with Gasteiger partial charge in [-0.05, 0) is 44.4 Å². The first kappa shape index (κ1) is 16.8. The molecule has 1 aliphatic rings. The van der Waals surface area contributed by atoms with Gasteiger partial charge in [-0.25, -0.2) is 0 Å². The summed E-state index contributed by atoms with van der Waals surface area (Å²) in [6.45, 7) is 4.05. The zero-order chi connectivity index (χ0) is 17.2. The lowest BCUT2D eigenvalue weighted by atomic mass is 9.82. The number of ether oxygens (including phenoxy) is 1. The molecule has 24 heavy (non-hydrogen) atoms. The van der Waals surface area contributed by atoms with Crippen LogP contribution in [0.2, 0.25) is 0 Å². The zero-order valence-corrected chi connectivity index (χ0v) is 14.7. The van der Waals surface area contributed by atoms with Gasteiger partial charge in [0.25, 0.3) is 0 Å². The summed E-state index contributed by atoms with van der Waals surface area (Å²) in [5.74, 6) is -0.580. The topological polar surface area (TPSA) is 43.4 Å². The van der Waals surface area contributed by atoms with Crippen LogP contribution in [-0.2, 0) is 16.0 Å². The van der Waals surface area contributed by atoms with Crippen molar-refractivity contribution in [1.29, 1.82) is 0 Å². The molecule has 2 aromatic rings. The Kier molecular flexibility index (Phi) is 4.76. The van der Waals surface area contributed by atoms with Crippen LogP contribution in [0.5, 0.6) is 0 Å². The Morgan fingerprint density at radius 2 is 1.88 bits per heavy atom. The molecule has 0 fully saturated rings. The summed E-state index contributed by atoms with van der Waals surface area (Å²) in [6.07, 6.45) is 1.15. The molecule has 0 saturated heterocycles. The van der Waals surface area contributed by atoms with E-state index in [0.29, 0.717) is 18.4 Å². The molecule has 0 spiro atoms. The summed E-state index contributed by atoms with van der Waals surface area (Å²) >= 11 is 1.32. The quantitative estimate of drug-likeness (QED) is 0.617. The second kappa shape index (κ2) is 6.81. The fourth-order valence-corrected chi connectivity index (χ4v) is 4.21. The van der Waals surface area contributed by atoms with E-state index in [1.807, 2.05) is 49.4 Å². The van der Waals surface area contributed by atoms with Gasteiger partial charge in [-0.1, -0.05) is 53.7 Å². The van der Waals surface area contributed by atoms with Crippen LogP contribution >= 0.6 is 11.8 Å². The van der Waals surface area contributed by atoms with Gasteiger partial charge in [0.2, 0.25) is 0 Å². The van der Waals surface area contributed by atoms with Crippen LogP contribution in [-0.4, -0.2) is 23.1 Å². The lowest BCUT2D eigenvalue weighted by Crippen LogP contribution is -2.47. The highest BCUT2D eigenvalue weighted by molar-refractivity contribution is 8.02. The van der Waals surface area contributed by atoms with Crippen molar-refractivity contribution >= 4 is 23.5 Å². The molecule has 124 valence electrons. The van der Waals surface area contributed by atoms with Crippen LogP contribution < -0.4 is 0 Å². The standard InChI is InChI=1S/C20H20O3S/c1-3-23-19(22)20(24-16-10-8-14(2)9-11-16)13-12-15-6-4-5-7-17(15)18(20)21/h4-11H,3,12-13H2,1-2H3/t20-/m1/s1. The minimum atomic E-state index is -1.19. The van der Waals surface area contributed by atoms with Crippen LogP contribution in [0.25, 0.3) is 0 Å². The normalized spacial score (nSPS) is 19.7. The van der Waals surface area contributed by atoms with E-state index in [1.165, 1.54) is 11.8 Å². The number of thioether (sulfide) groups is 1. The van der Waals surface area contributed by atoms with Crippen molar-refractivity contribution in [2.24, 2.45) is 0 Å². The summed E-state index contributed by atoms with van der Waals surface area (Å²) in [5, 5.41) is 0. The number of esters is 1. The molecule has 2 aromatic carbocycles. The zero-order valence-electron chi connectivity index (χ0n) is 13.9. The first-order valence-electron chi connectivity index (χ1n) is 8.12. The number of carbonyl (C=O) groups excluding carboxylic acids is 2. The van der Waals surface area contributed by atoms with Crippen LogP contribution in [0.15, 0.2) is 53.4 Å². The number of benzene rings is 2. The molecular formula is C20H20O3S. The van der Waals surface area contributed by atoms with Gasteiger partial charge >= 0.3 is 5.97 Å². The van der Waals surface area contributed by atoms with Crippen LogP contribution in [0.4, 0.5) is 0 Å². The predicted molar refractivity (Wildman–Crippen MR) is 95.5 cm³/mol. The average Bonchev–Trinajstić information content (AvgIpc) is 2.60. The van der Waals surface area contributed by atoms with Crippen molar-refractivity contribution in [3.8, 4) is 0 Å². The largest absolute Gasteiger partial charge is 0.465 e. The Hall–Kier alpha value is -2.07. The Labute approximate surface area is 146 Å². The molecule has 0 amide bonds. The maximum atomic E-state index is 13.2. The highest BCUT2D eigenvalue weighted by Crippen LogP contribution is 2.43. The van der Waals surface area contributed by atoms with Gasteiger partial charge < -0.3 is 4.74 Å². The Morgan fingerprint density at radius 1 is 1.17 bits per heavy atom. The minimum absolute atomic E-state index is 0.145. The van der Waals surface area contributed by atoms with Gasteiger partial charge in [-0.15, -0.1) is 0 Å². The Balaban J connectivity index is 2.02. The number of hydrogen-bond acceptors (Lipinski definition) is 4. The number of aryl methyl sites for hydroxylation is 2. The monoisotopic (exact) mass is 340 g/mol. The maximum absolute atomic E-state index is 13.2. The van der Waals surface area contributed by atoms with E-state index in [4.69, 9.17) is 4.74 Å². The molecule has 0 heterocycles. The third kappa shape index (κ3) is 2.98. The van der Waals surface area contributed by atoms with Crippen LogP contribution in [0.3, 0.4) is 0 Å². The second-order valence-corrected chi connectivity index (χ2v) is 7.32. The predicted octanol–water partition coefficient (Wildman–Crippen LogP) is 4.22.